The second kappa shape index (κ2) is 4.55. The Labute approximate surface area is 81.1 Å². The van der Waals surface area contributed by atoms with Gasteiger partial charge in [-0.25, -0.2) is 9.78 Å². The fourth-order valence-electron chi connectivity index (χ4n) is 0.842. The molecule has 1 aromatic rings. The zero-order valence-electron chi connectivity index (χ0n) is 7.95. The molecule has 0 bridgehead atoms. The molecule has 1 aromatic heterocycles. The lowest BCUT2D eigenvalue weighted by Crippen LogP contribution is -2.18. The maximum Gasteiger partial charge on any atom is 0.411 e. The molecule has 1 amide bonds. The Morgan fingerprint density at radius 3 is 2.93 bits per heavy atom. The molecule has 1 rings (SSSR count). The van der Waals surface area contributed by atoms with Gasteiger partial charge in [0.15, 0.2) is 0 Å². The predicted octanol–water partition coefficient (Wildman–Crippen LogP) is 2.18. The third-order valence-corrected chi connectivity index (χ3v) is 1.32. The van der Waals surface area contributed by atoms with Crippen molar-refractivity contribution in [3.8, 4) is 0 Å². The highest BCUT2D eigenvalue weighted by Gasteiger charge is 2.05. The van der Waals surface area contributed by atoms with Gasteiger partial charge in [0, 0.05) is 12.3 Å². The van der Waals surface area contributed by atoms with E-state index < -0.39 is 12.0 Å². The molecule has 76 valence electrons. The van der Waals surface area contributed by atoms with Crippen molar-refractivity contribution < 1.29 is 13.9 Å². The second-order valence-corrected chi connectivity index (χ2v) is 2.95. The van der Waals surface area contributed by atoms with Gasteiger partial charge in [-0.2, -0.15) is 4.39 Å². The Morgan fingerprint density at radius 1 is 1.64 bits per heavy atom. The van der Waals surface area contributed by atoms with E-state index in [4.69, 9.17) is 4.74 Å². The van der Waals surface area contributed by atoms with Crippen LogP contribution < -0.4 is 5.32 Å². The minimum Gasteiger partial charge on any atom is -0.447 e. The summed E-state index contributed by atoms with van der Waals surface area (Å²) in [7, 11) is 0. The largest absolute Gasteiger partial charge is 0.447 e. The van der Waals surface area contributed by atoms with Crippen LogP contribution in [0.1, 0.15) is 13.8 Å². The Bertz CT molecular complexity index is 328. The number of hydrogen-bond acceptors (Lipinski definition) is 3. The summed E-state index contributed by atoms with van der Waals surface area (Å²) in [5, 5.41) is 2.37. The van der Waals surface area contributed by atoms with E-state index >= 15 is 0 Å². The molecule has 0 radical (unpaired) electrons. The number of hydrogen-bond donors (Lipinski definition) is 1. The highest BCUT2D eigenvalue weighted by atomic mass is 19.1. The summed E-state index contributed by atoms with van der Waals surface area (Å²) >= 11 is 0. The molecule has 0 aliphatic rings. The van der Waals surface area contributed by atoms with Crippen molar-refractivity contribution >= 4 is 11.8 Å². The number of pyridine rings is 1. The van der Waals surface area contributed by atoms with E-state index in [0.717, 1.165) is 6.07 Å². The predicted molar refractivity (Wildman–Crippen MR) is 49.4 cm³/mol. The monoisotopic (exact) mass is 198 g/mol. The van der Waals surface area contributed by atoms with Gasteiger partial charge >= 0.3 is 6.09 Å². The molecule has 0 aliphatic carbocycles. The molecule has 1 heterocycles. The normalized spacial score (nSPS) is 10.0. The lowest BCUT2D eigenvalue weighted by atomic mass is 10.4. The first-order valence-corrected chi connectivity index (χ1v) is 4.17. The van der Waals surface area contributed by atoms with Gasteiger partial charge in [0.1, 0.15) is 0 Å². The molecule has 0 fully saturated rings. The van der Waals surface area contributed by atoms with E-state index in [1.165, 1.54) is 12.3 Å². The van der Waals surface area contributed by atoms with E-state index in [-0.39, 0.29) is 6.10 Å². The molecule has 0 spiro atoms. The Morgan fingerprint density at radius 2 is 2.36 bits per heavy atom. The third kappa shape index (κ3) is 3.38. The number of carbonyl (C=O) groups is 1. The molecule has 14 heavy (non-hydrogen) atoms. The molecule has 5 heteroatoms. The smallest absolute Gasteiger partial charge is 0.411 e. The molecular weight excluding hydrogens is 187 g/mol. The standard InChI is InChI=1S/C9H11FN2O2/c1-6(2)14-9(13)12-7-3-4-11-8(10)5-7/h3-6H,1-2H3,(H,11,12,13). The minimum atomic E-state index is -0.646. The molecule has 0 atom stereocenters. The van der Waals surface area contributed by atoms with E-state index in [9.17, 15) is 9.18 Å². The number of halogens is 1. The van der Waals surface area contributed by atoms with Gasteiger partial charge in [-0.05, 0) is 19.9 Å². The van der Waals surface area contributed by atoms with Crippen LogP contribution in [0, 0.1) is 5.95 Å². The van der Waals surface area contributed by atoms with Crippen molar-refractivity contribution in [1.82, 2.24) is 4.98 Å². The first kappa shape index (κ1) is 10.4. The molecule has 0 saturated carbocycles. The summed E-state index contributed by atoms with van der Waals surface area (Å²) in [4.78, 5) is 14.4. The van der Waals surface area contributed by atoms with Crippen molar-refractivity contribution in [3.63, 3.8) is 0 Å². The van der Waals surface area contributed by atoms with Crippen LogP contribution in [0.4, 0.5) is 14.9 Å². The van der Waals surface area contributed by atoms with Gasteiger partial charge in [-0.1, -0.05) is 0 Å². The summed E-state index contributed by atoms with van der Waals surface area (Å²) in [6.45, 7) is 3.46. The van der Waals surface area contributed by atoms with Crippen LogP contribution in [0.3, 0.4) is 0 Å². The average Bonchev–Trinajstić information content (AvgIpc) is 2.01. The van der Waals surface area contributed by atoms with E-state index in [0.29, 0.717) is 5.69 Å². The molecular formula is C9H11FN2O2. The number of amides is 1. The molecule has 4 nitrogen and oxygen atoms in total. The van der Waals surface area contributed by atoms with Gasteiger partial charge in [-0.3, -0.25) is 5.32 Å². The number of rotatable bonds is 2. The molecule has 0 aliphatic heterocycles. The van der Waals surface area contributed by atoms with Crippen LogP contribution in [0.25, 0.3) is 0 Å². The van der Waals surface area contributed by atoms with Crippen molar-refractivity contribution in [2.75, 3.05) is 5.32 Å². The topological polar surface area (TPSA) is 51.2 Å². The first-order chi connectivity index (χ1) is 6.58. The molecule has 0 aromatic carbocycles. The quantitative estimate of drug-likeness (QED) is 0.741. The minimum absolute atomic E-state index is 0.207. The number of nitrogens with one attached hydrogen (secondary N) is 1. The Balaban J connectivity index is 2.56. The van der Waals surface area contributed by atoms with Crippen molar-refractivity contribution in [3.05, 3.63) is 24.3 Å². The van der Waals surface area contributed by atoms with Crippen LogP contribution in [-0.2, 0) is 4.74 Å². The maximum absolute atomic E-state index is 12.6. The SMILES string of the molecule is CC(C)OC(=O)Nc1ccnc(F)c1. The van der Waals surface area contributed by atoms with Gasteiger partial charge in [0.2, 0.25) is 5.95 Å². The van der Waals surface area contributed by atoms with Gasteiger partial charge < -0.3 is 4.74 Å². The van der Waals surface area contributed by atoms with E-state index in [2.05, 4.69) is 10.3 Å². The number of carbonyl (C=O) groups excluding carboxylic acids is 1. The molecule has 1 N–H and O–H groups in total. The number of anilines is 1. The van der Waals surface area contributed by atoms with Gasteiger partial charge in [0.05, 0.1) is 11.8 Å². The highest BCUT2D eigenvalue weighted by Crippen LogP contribution is 2.07. The Hall–Kier alpha value is -1.65. The van der Waals surface area contributed by atoms with E-state index in [1.807, 2.05) is 0 Å². The fraction of sp³-hybridized carbons (Fsp3) is 0.333. The highest BCUT2D eigenvalue weighted by molar-refractivity contribution is 5.84. The zero-order chi connectivity index (χ0) is 10.6. The van der Waals surface area contributed by atoms with Crippen molar-refractivity contribution in [1.29, 1.82) is 0 Å². The summed E-state index contributed by atoms with van der Waals surface area (Å²) < 4.78 is 17.4. The first-order valence-electron chi connectivity index (χ1n) is 4.17. The lowest BCUT2D eigenvalue weighted by molar-refractivity contribution is 0.130. The summed E-state index contributed by atoms with van der Waals surface area (Å²) in [5.41, 5.74) is 0.322. The zero-order valence-corrected chi connectivity index (χ0v) is 7.95. The fourth-order valence-corrected chi connectivity index (χ4v) is 0.842. The average molecular weight is 198 g/mol. The molecule has 0 unspecified atom stereocenters. The third-order valence-electron chi connectivity index (χ3n) is 1.32. The second-order valence-electron chi connectivity index (χ2n) is 2.95. The van der Waals surface area contributed by atoms with Crippen LogP contribution in [0.5, 0.6) is 0 Å². The molecule has 0 saturated heterocycles. The van der Waals surface area contributed by atoms with Crippen LogP contribution >= 0.6 is 0 Å². The van der Waals surface area contributed by atoms with Gasteiger partial charge in [0.25, 0.3) is 0 Å². The summed E-state index contributed by atoms with van der Waals surface area (Å²) in [6.07, 6.45) is 0.452. The van der Waals surface area contributed by atoms with Crippen molar-refractivity contribution in [2.45, 2.75) is 20.0 Å². The Kier molecular flexibility index (Phi) is 3.39. The van der Waals surface area contributed by atoms with Crippen LogP contribution in [-0.4, -0.2) is 17.2 Å². The maximum atomic E-state index is 12.6. The number of ether oxygens (including phenoxy) is 1. The number of nitrogens with zero attached hydrogens (tertiary/aromatic N) is 1. The van der Waals surface area contributed by atoms with E-state index in [1.54, 1.807) is 13.8 Å². The summed E-state index contributed by atoms with van der Waals surface area (Å²) in [5.74, 6) is -0.646. The van der Waals surface area contributed by atoms with Crippen LogP contribution in [0.2, 0.25) is 0 Å². The summed E-state index contributed by atoms with van der Waals surface area (Å²) in [6, 6.07) is 2.59. The van der Waals surface area contributed by atoms with Gasteiger partial charge in [-0.15, -0.1) is 0 Å². The van der Waals surface area contributed by atoms with Crippen molar-refractivity contribution in [2.24, 2.45) is 0 Å². The van der Waals surface area contributed by atoms with Crippen LogP contribution in [0.15, 0.2) is 18.3 Å². The lowest BCUT2D eigenvalue weighted by Gasteiger charge is -2.08. The number of aromatic nitrogens is 1.